The summed E-state index contributed by atoms with van der Waals surface area (Å²) >= 11 is 0. The van der Waals surface area contributed by atoms with E-state index in [2.05, 4.69) is 30.2 Å². The minimum absolute atomic E-state index is 0.0120. The van der Waals surface area contributed by atoms with Gasteiger partial charge in [0, 0.05) is 18.3 Å². The van der Waals surface area contributed by atoms with Crippen molar-refractivity contribution in [1.82, 2.24) is 19.9 Å². The van der Waals surface area contributed by atoms with Crippen molar-refractivity contribution in [1.29, 1.82) is 5.26 Å². The minimum Gasteiger partial charge on any atom is -0.478 e. The summed E-state index contributed by atoms with van der Waals surface area (Å²) in [7, 11) is 0. The van der Waals surface area contributed by atoms with Crippen LogP contribution in [0.5, 0.6) is 29.3 Å². The Kier molecular flexibility index (Phi) is 6.80. The number of anilines is 1. The number of ether oxygens (including phenoxy) is 3. The summed E-state index contributed by atoms with van der Waals surface area (Å²) in [4.78, 5) is 43.9. The van der Waals surface area contributed by atoms with Crippen LogP contribution in [0, 0.1) is 11.3 Å². The van der Waals surface area contributed by atoms with Gasteiger partial charge in [-0.15, -0.1) is 0 Å². The van der Waals surface area contributed by atoms with Crippen LogP contribution in [-0.2, 0) is 11.2 Å². The number of aromatic carboxylic acids is 1. The molecule has 0 spiro atoms. The molecule has 4 aromatic rings. The molecule has 2 aromatic heterocycles. The SMILES string of the molecule is N#Cc1ccc(Oc2nc(Oc3ccccc3N=C(N)N)nc3c2NC(=O)C(Cc2cnc[nH]2)O3)cc1C(=O)O. The number of rotatable bonds is 8. The lowest BCUT2D eigenvalue weighted by molar-refractivity contribution is -0.123. The van der Waals surface area contributed by atoms with Crippen molar-refractivity contribution in [2.24, 2.45) is 16.5 Å². The van der Waals surface area contributed by atoms with Crippen molar-refractivity contribution in [3.63, 3.8) is 0 Å². The van der Waals surface area contributed by atoms with Crippen molar-refractivity contribution in [2.75, 3.05) is 5.32 Å². The molecule has 5 rings (SSSR count). The first-order valence-electron chi connectivity index (χ1n) is 11.5. The molecule has 0 fully saturated rings. The van der Waals surface area contributed by atoms with Gasteiger partial charge in [-0.25, -0.2) is 14.8 Å². The third kappa shape index (κ3) is 5.40. The Hall–Kier alpha value is -6.17. The number of nitrogens with one attached hydrogen (secondary N) is 2. The van der Waals surface area contributed by atoms with Crippen LogP contribution < -0.4 is 31.0 Å². The Balaban J connectivity index is 1.55. The summed E-state index contributed by atoms with van der Waals surface area (Å²) in [6, 6.07) is 11.9. The maximum absolute atomic E-state index is 12.9. The normalized spacial score (nSPS) is 13.7. The molecule has 200 valence electrons. The second-order valence-electron chi connectivity index (χ2n) is 8.20. The molecule has 2 aromatic carbocycles. The number of aromatic nitrogens is 4. The Labute approximate surface area is 225 Å². The van der Waals surface area contributed by atoms with Crippen LogP contribution in [0.15, 0.2) is 60.0 Å². The smallest absolute Gasteiger partial charge is 0.337 e. The van der Waals surface area contributed by atoms with Crippen LogP contribution in [0.1, 0.15) is 21.6 Å². The summed E-state index contributed by atoms with van der Waals surface area (Å²) in [6.45, 7) is 0. The van der Waals surface area contributed by atoms with Crippen LogP contribution in [0.25, 0.3) is 0 Å². The fourth-order valence-electron chi connectivity index (χ4n) is 3.68. The number of hydrogen-bond acceptors (Lipinski definition) is 10. The first kappa shape index (κ1) is 25.5. The van der Waals surface area contributed by atoms with Gasteiger partial charge in [-0.2, -0.15) is 15.2 Å². The zero-order valence-corrected chi connectivity index (χ0v) is 20.4. The number of nitrogens with two attached hydrogens (primary N) is 2. The highest BCUT2D eigenvalue weighted by Crippen LogP contribution is 2.41. The molecule has 40 heavy (non-hydrogen) atoms. The Bertz CT molecular complexity index is 1680. The van der Waals surface area contributed by atoms with Crippen LogP contribution in [0.2, 0.25) is 0 Å². The number of carboxylic acid groups (broad SMARTS) is 1. The largest absolute Gasteiger partial charge is 0.478 e. The Morgan fingerprint density at radius 2 is 2.02 bits per heavy atom. The van der Waals surface area contributed by atoms with Crippen LogP contribution in [-0.4, -0.2) is 49.0 Å². The van der Waals surface area contributed by atoms with Crippen molar-refractivity contribution in [2.45, 2.75) is 12.5 Å². The zero-order valence-electron chi connectivity index (χ0n) is 20.4. The van der Waals surface area contributed by atoms with Crippen molar-refractivity contribution < 1.29 is 28.9 Å². The van der Waals surface area contributed by atoms with Gasteiger partial charge in [-0.05, 0) is 30.3 Å². The highest BCUT2D eigenvalue weighted by atomic mass is 16.5. The Morgan fingerprint density at radius 3 is 2.75 bits per heavy atom. The van der Waals surface area contributed by atoms with E-state index in [9.17, 15) is 20.0 Å². The number of aliphatic imine (C=N–C) groups is 1. The predicted molar refractivity (Wildman–Crippen MR) is 138 cm³/mol. The summed E-state index contributed by atoms with van der Waals surface area (Å²) in [6.07, 6.45) is 2.21. The van der Waals surface area contributed by atoms with E-state index in [-0.39, 0.29) is 64.2 Å². The van der Waals surface area contributed by atoms with E-state index in [0.29, 0.717) is 5.69 Å². The number of nitrogens with zero attached hydrogens (tertiary/aromatic N) is 5. The minimum atomic E-state index is -1.33. The van der Waals surface area contributed by atoms with E-state index < -0.39 is 18.0 Å². The number of carboxylic acids is 1. The number of carbonyl (C=O) groups is 2. The molecular weight excluding hydrogens is 522 g/mol. The lowest BCUT2D eigenvalue weighted by Gasteiger charge is -2.26. The van der Waals surface area contributed by atoms with E-state index in [0.717, 1.165) is 6.07 Å². The molecule has 0 saturated carbocycles. The van der Waals surface area contributed by atoms with E-state index in [1.165, 1.54) is 18.5 Å². The number of carbonyl (C=O) groups excluding carboxylic acids is 1. The second-order valence-corrected chi connectivity index (χ2v) is 8.20. The standard InChI is InChI=1S/C25H19N9O6/c26-9-12-5-6-14(8-15(12)23(36)37)38-21-19-22(39-18(20(35)32-19)7-13-10-29-11-30-13)34-25(33-21)40-17-4-2-1-3-16(17)31-24(27)28/h1-6,8,10-11,18H,7H2,(H,29,30)(H,32,35)(H,36,37)(H4,27,28,31). The molecule has 15 heteroatoms. The highest BCUT2D eigenvalue weighted by Gasteiger charge is 2.33. The van der Waals surface area contributed by atoms with Crippen molar-refractivity contribution in [3.05, 3.63) is 71.8 Å². The van der Waals surface area contributed by atoms with Gasteiger partial charge < -0.3 is 41.1 Å². The number of para-hydroxylation sites is 2. The molecule has 7 N–H and O–H groups in total. The maximum atomic E-state index is 12.9. The monoisotopic (exact) mass is 541 g/mol. The quantitative estimate of drug-likeness (QED) is 0.159. The third-order valence-electron chi connectivity index (χ3n) is 5.45. The van der Waals surface area contributed by atoms with Gasteiger partial charge in [0.25, 0.3) is 11.8 Å². The zero-order chi connectivity index (χ0) is 28.2. The second kappa shape index (κ2) is 10.7. The van der Waals surface area contributed by atoms with E-state index in [1.807, 2.05) is 6.07 Å². The lowest BCUT2D eigenvalue weighted by atomic mass is 10.1. The summed E-state index contributed by atoms with van der Waals surface area (Å²) in [5.74, 6) is -2.11. The number of H-pyrrole nitrogens is 1. The maximum Gasteiger partial charge on any atom is 0.337 e. The highest BCUT2D eigenvalue weighted by molar-refractivity contribution is 5.98. The van der Waals surface area contributed by atoms with E-state index in [1.54, 1.807) is 30.5 Å². The van der Waals surface area contributed by atoms with Crippen LogP contribution in [0.4, 0.5) is 11.4 Å². The number of imidazole rings is 1. The summed E-state index contributed by atoms with van der Waals surface area (Å²) in [5, 5.41) is 21.4. The first-order chi connectivity index (χ1) is 19.3. The number of fused-ring (bicyclic) bond motifs is 1. The molecule has 0 bridgehead atoms. The number of guanidine groups is 1. The van der Waals surface area contributed by atoms with Gasteiger partial charge in [-0.1, -0.05) is 12.1 Å². The molecule has 3 heterocycles. The van der Waals surface area contributed by atoms with Gasteiger partial charge in [-0.3, -0.25) is 4.79 Å². The lowest BCUT2D eigenvalue weighted by Crippen LogP contribution is -2.39. The van der Waals surface area contributed by atoms with Gasteiger partial charge in [0.15, 0.2) is 23.5 Å². The van der Waals surface area contributed by atoms with Gasteiger partial charge in [0.1, 0.15) is 17.5 Å². The predicted octanol–water partition coefficient (Wildman–Crippen LogP) is 2.20. The molecule has 1 aliphatic heterocycles. The summed E-state index contributed by atoms with van der Waals surface area (Å²) < 4.78 is 17.6. The average molecular weight is 541 g/mol. The van der Waals surface area contributed by atoms with E-state index >= 15 is 0 Å². The topological polar surface area (TPSA) is 237 Å². The molecule has 0 aliphatic carbocycles. The van der Waals surface area contributed by atoms with Gasteiger partial charge in [0.05, 0.1) is 17.5 Å². The number of amides is 1. The molecule has 1 aliphatic rings. The summed E-state index contributed by atoms with van der Waals surface area (Å²) in [5.41, 5.74) is 11.6. The molecule has 0 radical (unpaired) electrons. The molecule has 1 unspecified atom stereocenters. The van der Waals surface area contributed by atoms with Gasteiger partial charge >= 0.3 is 12.0 Å². The Morgan fingerprint density at radius 1 is 1.20 bits per heavy atom. The number of hydrogen-bond donors (Lipinski definition) is 5. The fourth-order valence-corrected chi connectivity index (χ4v) is 3.68. The molecule has 1 atom stereocenters. The molecule has 1 amide bonds. The van der Waals surface area contributed by atoms with Crippen molar-refractivity contribution >= 4 is 29.2 Å². The first-order valence-corrected chi connectivity index (χ1v) is 11.5. The van der Waals surface area contributed by atoms with Crippen molar-refractivity contribution in [3.8, 4) is 35.3 Å². The fraction of sp³-hybridized carbons (Fsp3) is 0.0800. The van der Waals surface area contributed by atoms with Crippen LogP contribution >= 0.6 is 0 Å². The number of aromatic amines is 1. The van der Waals surface area contributed by atoms with E-state index in [4.69, 9.17) is 25.7 Å². The van der Waals surface area contributed by atoms with Crippen LogP contribution in [0.3, 0.4) is 0 Å². The average Bonchev–Trinajstić information content (AvgIpc) is 3.43. The number of benzene rings is 2. The number of nitriles is 1. The third-order valence-corrected chi connectivity index (χ3v) is 5.45. The molecular formula is C25H19N9O6. The van der Waals surface area contributed by atoms with Gasteiger partial charge in [0.2, 0.25) is 5.88 Å². The molecule has 0 saturated heterocycles. The molecule has 15 nitrogen and oxygen atoms in total.